The van der Waals surface area contributed by atoms with Crippen LogP contribution in [-0.2, 0) is 16.2 Å². The normalized spacial score (nSPS) is 16.0. The minimum absolute atomic E-state index is 0.00532. The highest BCUT2D eigenvalue weighted by Crippen LogP contribution is 2.63. The average molecular weight is 944 g/mol. The smallest absolute Gasteiger partial charge is 0.264 e. The highest BCUT2D eigenvalue weighted by Gasteiger charge is 2.53. The fourth-order valence-electron chi connectivity index (χ4n) is 13.6. The highest BCUT2D eigenvalue weighted by molar-refractivity contribution is 7.33. The number of para-hydroxylation sites is 3. The minimum Gasteiger partial charge on any atom is -0.311 e. The molecule has 346 valence electrons. The van der Waals surface area contributed by atoms with Crippen LogP contribution in [0, 0.1) is 13.8 Å². The number of aryl methyl sites for hydroxylation is 2. The Morgan fingerprint density at radius 3 is 1.93 bits per heavy atom. The summed E-state index contributed by atoms with van der Waals surface area (Å²) in [5, 5.41) is 3.91. The molecule has 1 aliphatic carbocycles. The molecule has 0 saturated heterocycles. The predicted octanol–water partition coefficient (Wildman–Crippen LogP) is 16.0. The van der Waals surface area contributed by atoms with Gasteiger partial charge >= 0.3 is 0 Å². The molecule has 1 spiro atoms. The van der Waals surface area contributed by atoms with E-state index in [1.807, 2.05) is 11.3 Å². The van der Waals surface area contributed by atoms with Gasteiger partial charge in [-0.15, -0.1) is 11.3 Å². The van der Waals surface area contributed by atoms with E-state index in [-0.39, 0.29) is 17.5 Å². The molecular formula is C67H54BN3S. The SMILES string of the molecule is Cc1ccc2c(c1)B1c3sc4ccc(C(C)(C)C)cc4c3N(c3ccc(C(C)(C)C)cc3)c3cc(C)cc(c31)N2c1cccc2c1-c1ccccc1C21c2ccccc2-n2c3ccccc3c3cccc1c32. The van der Waals surface area contributed by atoms with Crippen molar-refractivity contribution in [2.75, 3.05) is 9.80 Å². The number of anilines is 6. The summed E-state index contributed by atoms with van der Waals surface area (Å²) >= 11 is 1.98. The lowest BCUT2D eigenvalue weighted by Crippen LogP contribution is -2.60. The van der Waals surface area contributed by atoms with Crippen molar-refractivity contribution in [2.45, 2.75) is 71.6 Å². The molecule has 3 nitrogen and oxygen atoms in total. The van der Waals surface area contributed by atoms with Crippen LogP contribution in [0.1, 0.15) is 86.1 Å². The summed E-state index contributed by atoms with van der Waals surface area (Å²) in [6.45, 7) is 18.5. The number of fused-ring (bicyclic) bond motifs is 18. The monoisotopic (exact) mass is 943 g/mol. The number of rotatable bonds is 2. The third-order valence-corrected chi connectivity index (χ3v) is 18.0. The molecule has 0 amide bonds. The van der Waals surface area contributed by atoms with Crippen LogP contribution in [0.3, 0.4) is 0 Å². The first-order chi connectivity index (χ1) is 34.8. The summed E-state index contributed by atoms with van der Waals surface area (Å²) in [6, 6.07) is 70.7. The Morgan fingerprint density at radius 2 is 1.12 bits per heavy atom. The Balaban J connectivity index is 1.04. The summed E-state index contributed by atoms with van der Waals surface area (Å²) in [7, 11) is 0. The van der Waals surface area contributed by atoms with Crippen molar-refractivity contribution >= 4 is 99.8 Å². The van der Waals surface area contributed by atoms with Crippen LogP contribution in [0.15, 0.2) is 182 Å². The van der Waals surface area contributed by atoms with Gasteiger partial charge in [-0.1, -0.05) is 168 Å². The number of hydrogen-bond acceptors (Lipinski definition) is 3. The van der Waals surface area contributed by atoms with Crippen LogP contribution in [0.2, 0.25) is 0 Å². The van der Waals surface area contributed by atoms with Crippen molar-refractivity contribution in [3.63, 3.8) is 0 Å². The average Bonchev–Trinajstić information content (AvgIpc) is 4.02. The second-order valence-corrected chi connectivity index (χ2v) is 24.1. The zero-order chi connectivity index (χ0) is 48.7. The van der Waals surface area contributed by atoms with E-state index in [9.17, 15) is 0 Å². The van der Waals surface area contributed by atoms with Gasteiger partial charge in [-0.2, -0.15) is 0 Å². The molecule has 5 heterocycles. The van der Waals surface area contributed by atoms with Gasteiger partial charge in [0.2, 0.25) is 0 Å². The third kappa shape index (κ3) is 5.37. The molecule has 2 aromatic heterocycles. The van der Waals surface area contributed by atoms with Gasteiger partial charge < -0.3 is 14.4 Å². The van der Waals surface area contributed by atoms with Crippen molar-refractivity contribution in [1.82, 2.24) is 4.57 Å². The van der Waals surface area contributed by atoms with Gasteiger partial charge in [0.05, 0.1) is 33.5 Å². The first-order valence-corrected chi connectivity index (χ1v) is 26.5. The lowest BCUT2D eigenvalue weighted by molar-refractivity contribution is 0.590. The lowest BCUT2D eigenvalue weighted by Gasteiger charge is -2.44. The van der Waals surface area contributed by atoms with Crippen LogP contribution < -0.4 is 25.5 Å². The number of aromatic nitrogens is 1. The van der Waals surface area contributed by atoms with Crippen molar-refractivity contribution in [2.24, 2.45) is 0 Å². The van der Waals surface area contributed by atoms with Crippen LogP contribution in [-0.4, -0.2) is 11.3 Å². The summed E-state index contributed by atoms with van der Waals surface area (Å²) in [4.78, 5) is 5.29. The van der Waals surface area contributed by atoms with Gasteiger partial charge in [0.25, 0.3) is 6.71 Å². The van der Waals surface area contributed by atoms with E-state index in [1.54, 1.807) is 0 Å². The molecule has 0 saturated carbocycles. The molecule has 9 aromatic carbocycles. The molecule has 0 radical (unpaired) electrons. The molecule has 15 rings (SSSR count). The first kappa shape index (κ1) is 42.1. The maximum atomic E-state index is 2.66. The largest absolute Gasteiger partial charge is 0.311 e. The topological polar surface area (TPSA) is 11.4 Å². The number of hydrogen-bond donors (Lipinski definition) is 0. The molecule has 5 heteroatoms. The van der Waals surface area contributed by atoms with E-state index in [0.717, 1.165) is 0 Å². The lowest BCUT2D eigenvalue weighted by atomic mass is 9.36. The van der Waals surface area contributed by atoms with E-state index in [1.165, 1.54) is 143 Å². The van der Waals surface area contributed by atoms with Gasteiger partial charge in [-0.05, 0) is 141 Å². The van der Waals surface area contributed by atoms with E-state index in [4.69, 9.17) is 0 Å². The second kappa shape index (κ2) is 14.3. The molecule has 4 aliphatic rings. The zero-order valence-electron chi connectivity index (χ0n) is 42.1. The highest BCUT2D eigenvalue weighted by atomic mass is 32.1. The summed E-state index contributed by atoms with van der Waals surface area (Å²) < 4.78 is 5.28. The molecule has 1 unspecified atom stereocenters. The summed E-state index contributed by atoms with van der Waals surface area (Å²) in [6.07, 6.45) is 0. The summed E-state index contributed by atoms with van der Waals surface area (Å²) in [5.41, 5.74) is 26.6. The Hall–Kier alpha value is -7.60. The molecule has 3 aliphatic heterocycles. The Kier molecular flexibility index (Phi) is 8.37. The fourth-order valence-corrected chi connectivity index (χ4v) is 14.9. The number of benzene rings is 9. The van der Waals surface area contributed by atoms with E-state index in [0.29, 0.717) is 0 Å². The second-order valence-electron chi connectivity index (χ2n) is 23.0. The number of nitrogens with zero attached hydrogens (tertiary/aromatic N) is 3. The van der Waals surface area contributed by atoms with Crippen LogP contribution >= 0.6 is 11.3 Å². The predicted molar refractivity (Wildman–Crippen MR) is 308 cm³/mol. The van der Waals surface area contributed by atoms with Crippen molar-refractivity contribution in [3.8, 4) is 16.8 Å². The Bertz CT molecular complexity index is 4180. The Labute approximate surface area is 426 Å². The van der Waals surface area contributed by atoms with E-state index >= 15 is 0 Å². The maximum Gasteiger partial charge on any atom is 0.264 e. The molecule has 0 fully saturated rings. The molecule has 72 heavy (non-hydrogen) atoms. The van der Waals surface area contributed by atoms with Gasteiger partial charge in [0.15, 0.2) is 0 Å². The molecule has 0 bridgehead atoms. The molecular weight excluding hydrogens is 890 g/mol. The molecule has 11 aromatic rings. The van der Waals surface area contributed by atoms with Gasteiger partial charge in [-0.25, -0.2) is 0 Å². The third-order valence-electron chi connectivity index (χ3n) is 16.8. The quantitative estimate of drug-likeness (QED) is 0.160. The molecule has 0 N–H and O–H groups in total. The number of thiophene rings is 1. The van der Waals surface area contributed by atoms with E-state index < -0.39 is 5.41 Å². The van der Waals surface area contributed by atoms with Crippen LogP contribution in [0.5, 0.6) is 0 Å². The van der Waals surface area contributed by atoms with Crippen molar-refractivity contribution in [3.05, 3.63) is 226 Å². The first-order valence-electron chi connectivity index (χ1n) is 25.7. The summed E-state index contributed by atoms with van der Waals surface area (Å²) in [5.74, 6) is 0. The fraction of sp³-hybridized carbons (Fsp3) is 0.164. The van der Waals surface area contributed by atoms with Crippen LogP contribution in [0.25, 0.3) is 48.7 Å². The van der Waals surface area contributed by atoms with Gasteiger partial charge in [-0.3, -0.25) is 0 Å². The van der Waals surface area contributed by atoms with Crippen molar-refractivity contribution < 1.29 is 0 Å². The zero-order valence-corrected chi connectivity index (χ0v) is 43.0. The Morgan fingerprint density at radius 1 is 0.472 bits per heavy atom. The van der Waals surface area contributed by atoms with Crippen molar-refractivity contribution in [1.29, 1.82) is 0 Å². The van der Waals surface area contributed by atoms with Gasteiger partial charge in [0, 0.05) is 53.9 Å². The van der Waals surface area contributed by atoms with Crippen LogP contribution in [0.4, 0.5) is 34.1 Å². The maximum absolute atomic E-state index is 2.66. The molecule has 1 atom stereocenters. The van der Waals surface area contributed by atoms with E-state index in [2.05, 4.69) is 252 Å². The van der Waals surface area contributed by atoms with Gasteiger partial charge in [0.1, 0.15) is 0 Å². The minimum atomic E-state index is -0.559. The standard InChI is InChI=1S/C67H54BN3S/c1-39-27-33-55-52(35-39)68-61-57(69(43-31-28-41(29-32-43)65(3,4)5)63-47-38-42(66(6,7)8)30-34-59(47)72-64(63)68)36-40(2)37-58(61)70(55)56-26-16-22-50-60(56)46-18-9-11-20-48(46)67(50)49-21-12-14-25-54(49)71-53-24-13-10-17-44(53)45-19-15-23-51(67)62(45)71/h9-38H,1-8H3.